The zero-order chi connectivity index (χ0) is 11.4. The molecule has 0 radical (unpaired) electrons. The first-order valence-electron chi connectivity index (χ1n) is 5.70. The molecular weight excluding hydrogens is 208 g/mol. The number of rotatable bonds is 4. The van der Waals surface area contributed by atoms with Gasteiger partial charge in [-0.1, -0.05) is 6.92 Å². The lowest BCUT2D eigenvalue weighted by molar-refractivity contribution is -0.132. The standard InChI is InChI=1S/C11H22N2OS/c1-4-15-10-6-5-9(7-10)13(3)11(14)8(2)12/h8-10H,4-7,12H2,1-3H3. The summed E-state index contributed by atoms with van der Waals surface area (Å²) in [5.74, 6) is 1.24. The van der Waals surface area contributed by atoms with Gasteiger partial charge < -0.3 is 10.6 Å². The quantitative estimate of drug-likeness (QED) is 0.795. The molecule has 4 heteroatoms. The van der Waals surface area contributed by atoms with Gasteiger partial charge in [0.15, 0.2) is 0 Å². The minimum absolute atomic E-state index is 0.0714. The van der Waals surface area contributed by atoms with Crippen LogP contribution in [0.15, 0.2) is 0 Å². The zero-order valence-corrected chi connectivity index (χ0v) is 10.7. The fraction of sp³-hybridized carbons (Fsp3) is 0.909. The van der Waals surface area contributed by atoms with Gasteiger partial charge in [0, 0.05) is 18.3 Å². The van der Waals surface area contributed by atoms with Gasteiger partial charge in [-0.05, 0) is 31.9 Å². The SMILES string of the molecule is CCSC1CCC(N(C)C(=O)C(C)N)C1. The Balaban J connectivity index is 2.42. The number of carbonyl (C=O) groups is 1. The van der Waals surface area contributed by atoms with Crippen LogP contribution in [0.3, 0.4) is 0 Å². The highest BCUT2D eigenvalue weighted by Gasteiger charge is 2.30. The van der Waals surface area contributed by atoms with Crippen LogP contribution >= 0.6 is 11.8 Å². The third-order valence-electron chi connectivity index (χ3n) is 3.04. The molecule has 1 saturated carbocycles. The predicted octanol–water partition coefficient (Wildman–Crippen LogP) is 1.47. The molecule has 0 aromatic carbocycles. The van der Waals surface area contributed by atoms with E-state index in [0.717, 1.165) is 18.1 Å². The molecule has 0 heterocycles. The van der Waals surface area contributed by atoms with Gasteiger partial charge >= 0.3 is 0 Å². The summed E-state index contributed by atoms with van der Waals surface area (Å²) in [4.78, 5) is 13.5. The van der Waals surface area contributed by atoms with Gasteiger partial charge in [0.1, 0.15) is 0 Å². The summed E-state index contributed by atoms with van der Waals surface area (Å²) in [7, 11) is 1.88. The number of hydrogen-bond donors (Lipinski definition) is 1. The molecule has 1 fully saturated rings. The predicted molar refractivity (Wildman–Crippen MR) is 66.0 cm³/mol. The second-order valence-electron chi connectivity index (χ2n) is 4.28. The van der Waals surface area contributed by atoms with Gasteiger partial charge in [0.25, 0.3) is 0 Å². The van der Waals surface area contributed by atoms with Crippen molar-refractivity contribution < 1.29 is 4.79 Å². The van der Waals surface area contributed by atoms with E-state index in [-0.39, 0.29) is 11.9 Å². The summed E-state index contributed by atoms with van der Waals surface area (Å²) < 4.78 is 0. The molecule has 1 aliphatic rings. The van der Waals surface area contributed by atoms with Gasteiger partial charge in [0.05, 0.1) is 6.04 Å². The molecule has 3 atom stereocenters. The molecule has 0 saturated heterocycles. The highest BCUT2D eigenvalue weighted by molar-refractivity contribution is 7.99. The van der Waals surface area contributed by atoms with Gasteiger partial charge in [0.2, 0.25) is 5.91 Å². The van der Waals surface area contributed by atoms with Crippen LogP contribution < -0.4 is 5.73 Å². The summed E-state index contributed by atoms with van der Waals surface area (Å²) in [6, 6.07) is 0.0421. The first kappa shape index (κ1) is 12.8. The second kappa shape index (κ2) is 5.75. The van der Waals surface area contributed by atoms with Crippen molar-refractivity contribution in [3.05, 3.63) is 0 Å². The molecule has 1 amide bonds. The Morgan fingerprint density at radius 1 is 1.60 bits per heavy atom. The Bertz CT molecular complexity index is 221. The second-order valence-corrected chi connectivity index (χ2v) is 5.86. The molecule has 3 nitrogen and oxygen atoms in total. The molecule has 0 aromatic heterocycles. The van der Waals surface area contributed by atoms with Gasteiger partial charge in [-0.3, -0.25) is 4.79 Å². The Morgan fingerprint density at radius 2 is 2.27 bits per heavy atom. The van der Waals surface area contributed by atoms with Crippen molar-refractivity contribution in [2.45, 2.75) is 50.4 Å². The van der Waals surface area contributed by atoms with Crippen LogP contribution in [0.1, 0.15) is 33.1 Å². The number of carbonyl (C=O) groups excluding carboxylic acids is 1. The number of nitrogens with zero attached hydrogens (tertiary/aromatic N) is 1. The third-order valence-corrected chi connectivity index (χ3v) is 4.28. The van der Waals surface area contributed by atoms with Gasteiger partial charge in [-0.25, -0.2) is 0 Å². The molecule has 0 aliphatic heterocycles. The lowest BCUT2D eigenvalue weighted by atomic mass is 10.2. The van der Waals surface area contributed by atoms with Gasteiger partial charge in [-0.2, -0.15) is 11.8 Å². The molecule has 3 unspecified atom stereocenters. The Labute approximate surface area is 96.8 Å². The molecule has 2 N–H and O–H groups in total. The first-order chi connectivity index (χ1) is 7.06. The maximum Gasteiger partial charge on any atom is 0.239 e. The minimum atomic E-state index is -0.368. The van der Waals surface area contributed by atoms with E-state index < -0.39 is 0 Å². The molecule has 0 bridgehead atoms. The Morgan fingerprint density at radius 3 is 2.80 bits per heavy atom. The van der Waals surface area contributed by atoms with E-state index in [1.165, 1.54) is 12.2 Å². The summed E-state index contributed by atoms with van der Waals surface area (Å²) in [6.45, 7) is 3.95. The summed E-state index contributed by atoms with van der Waals surface area (Å²) in [6.07, 6.45) is 3.50. The van der Waals surface area contributed by atoms with E-state index in [4.69, 9.17) is 5.73 Å². The lowest BCUT2D eigenvalue weighted by Crippen LogP contribution is -2.44. The number of thioether (sulfide) groups is 1. The Kier molecular flexibility index (Phi) is 4.93. The smallest absolute Gasteiger partial charge is 0.239 e. The topological polar surface area (TPSA) is 46.3 Å². The van der Waals surface area contributed by atoms with Crippen LogP contribution in [0.5, 0.6) is 0 Å². The molecule has 15 heavy (non-hydrogen) atoms. The Hall–Kier alpha value is -0.220. The third kappa shape index (κ3) is 3.38. The fourth-order valence-corrected chi connectivity index (χ4v) is 3.29. The monoisotopic (exact) mass is 230 g/mol. The van der Waals surface area contributed by atoms with E-state index in [9.17, 15) is 4.79 Å². The first-order valence-corrected chi connectivity index (χ1v) is 6.75. The van der Waals surface area contributed by atoms with Crippen LogP contribution in [-0.2, 0) is 4.79 Å². The van der Waals surface area contributed by atoms with Crippen LogP contribution in [0.25, 0.3) is 0 Å². The normalized spacial score (nSPS) is 27.7. The van der Waals surface area contributed by atoms with E-state index in [2.05, 4.69) is 6.92 Å². The van der Waals surface area contributed by atoms with Crippen LogP contribution in [-0.4, -0.2) is 40.9 Å². The summed E-state index contributed by atoms with van der Waals surface area (Å²) in [5.41, 5.74) is 5.60. The number of amides is 1. The maximum absolute atomic E-state index is 11.7. The molecule has 0 spiro atoms. The van der Waals surface area contributed by atoms with E-state index in [1.807, 2.05) is 23.7 Å². The highest BCUT2D eigenvalue weighted by atomic mass is 32.2. The molecule has 88 valence electrons. The van der Waals surface area contributed by atoms with Crippen molar-refractivity contribution in [2.24, 2.45) is 5.73 Å². The zero-order valence-electron chi connectivity index (χ0n) is 9.90. The molecule has 1 aliphatic carbocycles. The lowest BCUT2D eigenvalue weighted by Gasteiger charge is -2.26. The van der Waals surface area contributed by atoms with Crippen molar-refractivity contribution in [3.8, 4) is 0 Å². The summed E-state index contributed by atoms with van der Waals surface area (Å²) >= 11 is 2.01. The number of hydrogen-bond acceptors (Lipinski definition) is 3. The van der Waals surface area contributed by atoms with Crippen molar-refractivity contribution in [3.63, 3.8) is 0 Å². The molecule has 0 aromatic rings. The van der Waals surface area contributed by atoms with Crippen LogP contribution in [0.4, 0.5) is 0 Å². The van der Waals surface area contributed by atoms with E-state index in [1.54, 1.807) is 6.92 Å². The van der Waals surface area contributed by atoms with Crippen molar-refractivity contribution >= 4 is 17.7 Å². The van der Waals surface area contributed by atoms with Crippen molar-refractivity contribution in [2.75, 3.05) is 12.8 Å². The largest absolute Gasteiger partial charge is 0.341 e. The van der Waals surface area contributed by atoms with Crippen molar-refractivity contribution in [1.82, 2.24) is 4.90 Å². The maximum atomic E-state index is 11.7. The highest BCUT2D eigenvalue weighted by Crippen LogP contribution is 2.32. The van der Waals surface area contributed by atoms with E-state index in [0.29, 0.717) is 6.04 Å². The number of nitrogens with two attached hydrogens (primary N) is 1. The molecular formula is C11H22N2OS. The average molecular weight is 230 g/mol. The van der Waals surface area contributed by atoms with Gasteiger partial charge in [-0.15, -0.1) is 0 Å². The van der Waals surface area contributed by atoms with Crippen LogP contribution in [0.2, 0.25) is 0 Å². The van der Waals surface area contributed by atoms with E-state index >= 15 is 0 Å². The number of likely N-dealkylation sites (N-methyl/N-ethyl adjacent to an activating group) is 1. The van der Waals surface area contributed by atoms with Crippen molar-refractivity contribution in [1.29, 1.82) is 0 Å². The average Bonchev–Trinajstić information content (AvgIpc) is 2.64. The molecule has 1 rings (SSSR count). The summed E-state index contributed by atoms with van der Waals surface area (Å²) in [5, 5.41) is 0.739. The fourth-order valence-electron chi connectivity index (χ4n) is 2.16. The van der Waals surface area contributed by atoms with Crippen LogP contribution in [0, 0.1) is 0 Å². The minimum Gasteiger partial charge on any atom is -0.341 e.